The molecule has 0 bridgehead atoms. The van der Waals surface area contributed by atoms with Crippen LogP contribution in [0.1, 0.15) is 110 Å². The summed E-state index contributed by atoms with van der Waals surface area (Å²) in [4.78, 5) is 13.2. The predicted molar refractivity (Wildman–Crippen MR) is 249 cm³/mol. The number of nitrogens with one attached hydrogen (secondary N) is 1. The summed E-state index contributed by atoms with van der Waals surface area (Å²) in [5, 5.41) is 119. The fourth-order valence-electron chi connectivity index (χ4n) is 7.91. The number of aliphatic hydroxyl groups excluding tert-OH is 11. The molecule has 3 saturated heterocycles. The number of carbonyl (C=O) groups is 1. The summed E-state index contributed by atoms with van der Waals surface area (Å²) in [6, 6.07) is -0.997. The molecule has 19 heteroatoms. The maximum Gasteiger partial charge on any atom is 0.220 e. The molecular formula is C49H83NO18. The Hall–Kier alpha value is -2.51. The van der Waals surface area contributed by atoms with Gasteiger partial charge in [-0.05, 0) is 57.8 Å². The van der Waals surface area contributed by atoms with Crippen molar-refractivity contribution in [3.05, 3.63) is 60.8 Å². The van der Waals surface area contributed by atoms with Crippen LogP contribution in [0.25, 0.3) is 0 Å². The van der Waals surface area contributed by atoms with Crippen LogP contribution in [0.5, 0.6) is 0 Å². The molecule has 0 radical (unpaired) electrons. The van der Waals surface area contributed by atoms with Crippen LogP contribution >= 0.6 is 0 Å². The monoisotopic (exact) mass is 974 g/mol. The van der Waals surface area contributed by atoms with Crippen molar-refractivity contribution >= 4 is 5.91 Å². The second-order valence-corrected chi connectivity index (χ2v) is 17.5. The van der Waals surface area contributed by atoms with Gasteiger partial charge in [-0.1, -0.05) is 107 Å². The van der Waals surface area contributed by atoms with Gasteiger partial charge in [0.2, 0.25) is 5.91 Å². The maximum absolute atomic E-state index is 13.2. The molecule has 0 aromatic heterocycles. The molecule has 3 rings (SSSR count). The van der Waals surface area contributed by atoms with Gasteiger partial charge in [0.1, 0.15) is 73.2 Å². The first-order valence-electron chi connectivity index (χ1n) is 24.5. The summed E-state index contributed by atoms with van der Waals surface area (Å²) in [6.07, 6.45) is 6.91. The average molecular weight is 974 g/mol. The van der Waals surface area contributed by atoms with E-state index >= 15 is 0 Å². The zero-order valence-electron chi connectivity index (χ0n) is 39.8. The van der Waals surface area contributed by atoms with E-state index in [1.54, 1.807) is 12.2 Å². The van der Waals surface area contributed by atoms with Gasteiger partial charge in [0.15, 0.2) is 18.9 Å². The van der Waals surface area contributed by atoms with Crippen LogP contribution in [0.2, 0.25) is 0 Å². The normalized spacial score (nSPS) is 33.7. The quantitative estimate of drug-likeness (QED) is 0.0330. The Balaban J connectivity index is 1.57. The van der Waals surface area contributed by atoms with Crippen LogP contribution in [-0.2, 0) is 33.2 Å². The number of unbranched alkanes of at least 4 members (excludes halogenated alkanes) is 8. The summed E-state index contributed by atoms with van der Waals surface area (Å²) < 4.78 is 34.0. The molecule has 3 heterocycles. The van der Waals surface area contributed by atoms with E-state index in [-0.39, 0.29) is 18.9 Å². The SMILES string of the molecule is CC/C=C\C/C=C\C/C=C\CCCCCCCC(=O)NC(COC1OC(CO)C(OC2OC(CO)C(OC3OC(CO)C(O)C(O)C3O)C(O)C2O)C(O)C1O)C(O)/C=C/CC/C=C/CCCC. The van der Waals surface area contributed by atoms with Crippen molar-refractivity contribution in [3.8, 4) is 0 Å². The fraction of sp³-hybridized carbons (Fsp3) is 0.776. The molecule has 0 aromatic carbocycles. The van der Waals surface area contributed by atoms with Crippen LogP contribution < -0.4 is 5.32 Å². The average Bonchev–Trinajstić information content (AvgIpc) is 3.33. The Morgan fingerprint density at radius 3 is 1.65 bits per heavy atom. The number of hydrogen-bond donors (Lipinski definition) is 12. The summed E-state index contributed by atoms with van der Waals surface area (Å²) in [5.41, 5.74) is 0. The number of allylic oxidation sites excluding steroid dienone is 9. The van der Waals surface area contributed by atoms with Crippen molar-refractivity contribution in [1.29, 1.82) is 0 Å². The number of aliphatic hydroxyl groups is 11. The molecule has 12 N–H and O–H groups in total. The molecule has 1 amide bonds. The highest BCUT2D eigenvalue weighted by Crippen LogP contribution is 2.33. The molecule has 68 heavy (non-hydrogen) atoms. The summed E-state index contributed by atoms with van der Waals surface area (Å²) in [6.45, 7) is 1.43. The molecule has 3 fully saturated rings. The van der Waals surface area contributed by atoms with Gasteiger partial charge in [-0.2, -0.15) is 0 Å². The molecule has 0 aromatic rings. The Kier molecular flexibility index (Phi) is 29.9. The van der Waals surface area contributed by atoms with Crippen molar-refractivity contribution in [3.63, 3.8) is 0 Å². The van der Waals surface area contributed by atoms with Gasteiger partial charge < -0.3 is 89.9 Å². The Labute approximate surface area is 401 Å². The number of carbonyl (C=O) groups excluding carboxylic acids is 1. The van der Waals surface area contributed by atoms with Gasteiger partial charge in [0, 0.05) is 6.42 Å². The minimum Gasteiger partial charge on any atom is -0.394 e. The van der Waals surface area contributed by atoms with E-state index in [9.17, 15) is 61.0 Å². The summed E-state index contributed by atoms with van der Waals surface area (Å²) in [7, 11) is 0. The highest BCUT2D eigenvalue weighted by atomic mass is 16.8. The minimum atomic E-state index is -1.98. The van der Waals surface area contributed by atoms with E-state index < -0.39 is 124 Å². The molecule has 19 nitrogen and oxygen atoms in total. The lowest BCUT2D eigenvalue weighted by atomic mass is 9.96. The predicted octanol–water partition coefficient (Wildman–Crippen LogP) is 0.969. The van der Waals surface area contributed by atoms with Gasteiger partial charge in [-0.25, -0.2) is 0 Å². The lowest BCUT2D eigenvalue weighted by Crippen LogP contribution is -2.66. The third-order valence-corrected chi connectivity index (χ3v) is 12.0. The number of rotatable bonds is 32. The fourth-order valence-corrected chi connectivity index (χ4v) is 7.91. The largest absolute Gasteiger partial charge is 0.394 e. The highest BCUT2D eigenvalue weighted by molar-refractivity contribution is 5.76. The van der Waals surface area contributed by atoms with Crippen LogP contribution in [0.15, 0.2) is 60.8 Å². The van der Waals surface area contributed by atoms with Crippen molar-refractivity contribution in [1.82, 2.24) is 5.32 Å². The zero-order valence-corrected chi connectivity index (χ0v) is 39.8. The zero-order chi connectivity index (χ0) is 49.8. The van der Waals surface area contributed by atoms with Gasteiger partial charge in [-0.15, -0.1) is 0 Å². The highest BCUT2D eigenvalue weighted by Gasteiger charge is 2.53. The van der Waals surface area contributed by atoms with E-state index in [1.165, 1.54) is 0 Å². The Morgan fingerprint density at radius 2 is 1.03 bits per heavy atom. The molecule has 0 saturated carbocycles. The molecule has 3 aliphatic heterocycles. The topological polar surface area (TPSA) is 307 Å². The van der Waals surface area contributed by atoms with Crippen molar-refractivity contribution in [2.24, 2.45) is 0 Å². The third kappa shape index (κ3) is 19.9. The van der Waals surface area contributed by atoms with Gasteiger partial charge in [-0.3, -0.25) is 4.79 Å². The number of hydrogen-bond acceptors (Lipinski definition) is 18. The standard InChI is InChI=1S/C49H83NO18/c1-3-5-7-9-11-13-14-15-16-17-18-19-21-23-25-27-37(55)50-32(33(54)26-24-22-20-12-10-8-6-4-2)31-63-47-43(61)40(58)45(35(29-52)65-47)68-49-44(62)41(59)46(36(30-53)66-49)67-48-42(60)39(57)38(56)34(28-51)64-48/h5,7,10-13,15-16,24,26,32-36,38-49,51-54,56-62H,3-4,6,8-9,14,17-23,25,27-31H2,1-2H3,(H,50,55)/b7-5-,12-10+,13-11-,16-15-,26-24+. The molecule has 0 spiro atoms. The Bertz CT molecular complexity index is 1490. The summed E-state index contributed by atoms with van der Waals surface area (Å²) >= 11 is 0. The number of ether oxygens (including phenoxy) is 6. The molecule has 17 unspecified atom stereocenters. The Morgan fingerprint density at radius 1 is 0.544 bits per heavy atom. The first-order chi connectivity index (χ1) is 32.8. The van der Waals surface area contributed by atoms with Crippen LogP contribution in [0, 0.1) is 0 Å². The van der Waals surface area contributed by atoms with E-state index in [0.717, 1.165) is 77.0 Å². The first-order valence-corrected chi connectivity index (χ1v) is 24.5. The lowest BCUT2D eigenvalue weighted by Gasteiger charge is -2.48. The van der Waals surface area contributed by atoms with E-state index in [2.05, 4.69) is 67.8 Å². The van der Waals surface area contributed by atoms with Gasteiger partial charge >= 0.3 is 0 Å². The summed E-state index contributed by atoms with van der Waals surface area (Å²) in [5.74, 6) is -0.312. The van der Waals surface area contributed by atoms with Crippen molar-refractivity contribution in [2.75, 3.05) is 26.4 Å². The van der Waals surface area contributed by atoms with Crippen LogP contribution in [0.3, 0.4) is 0 Å². The number of amides is 1. The molecule has 0 aliphatic carbocycles. The molecule has 3 aliphatic rings. The van der Waals surface area contributed by atoms with Crippen LogP contribution in [-0.4, -0.2) is 193 Å². The van der Waals surface area contributed by atoms with Crippen molar-refractivity contribution < 1.29 is 89.4 Å². The minimum absolute atomic E-state index is 0.212. The van der Waals surface area contributed by atoms with Crippen molar-refractivity contribution in [2.45, 2.75) is 214 Å². The van der Waals surface area contributed by atoms with Gasteiger partial charge in [0.25, 0.3) is 0 Å². The molecular weight excluding hydrogens is 891 g/mol. The maximum atomic E-state index is 13.2. The molecule has 392 valence electrons. The lowest BCUT2D eigenvalue weighted by molar-refractivity contribution is -0.379. The van der Waals surface area contributed by atoms with Gasteiger partial charge in [0.05, 0.1) is 38.6 Å². The van der Waals surface area contributed by atoms with E-state index in [0.29, 0.717) is 12.8 Å². The van der Waals surface area contributed by atoms with Crippen LogP contribution in [0.4, 0.5) is 0 Å². The smallest absolute Gasteiger partial charge is 0.220 e. The first kappa shape index (κ1) is 59.8. The second kappa shape index (κ2) is 34.0. The third-order valence-electron chi connectivity index (χ3n) is 12.0. The second-order valence-electron chi connectivity index (χ2n) is 17.5. The van der Waals surface area contributed by atoms with E-state index in [4.69, 9.17) is 28.4 Å². The van der Waals surface area contributed by atoms with E-state index in [1.807, 2.05) is 0 Å². The molecule has 17 atom stereocenters.